The Hall–Kier alpha value is -2.53. The van der Waals surface area contributed by atoms with Crippen LogP contribution in [0.3, 0.4) is 0 Å². The van der Waals surface area contributed by atoms with Crippen LogP contribution < -0.4 is 16.0 Å². The first-order valence-corrected chi connectivity index (χ1v) is 9.14. The number of anilines is 3. The van der Waals surface area contributed by atoms with Gasteiger partial charge in [-0.05, 0) is 48.9 Å². The molecule has 0 aliphatic carbocycles. The predicted octanol–water partition coefficient (Wildman–Crippen LogP) is 4.91. The highest BCUT2D eigenvalue weighted by Crippen LogP contribution is 2.16. The Bertz CT molecular complexity index is 732. The van der Waals surface area contributed by atoms with Crippen molar-refractivity contribution in [2.75, 3.05) is 22.5 Å². The largest absolute Gasteiger partial charge is 0.376 e. The van der Waals surface area contributed by atoms with Crippen molar-refractivity contribution in [1.82, 2.24) is 0 Å². The van der Waals surface area contributed by atoms with E-state index in [1.807, 2.05) is 12.1 Å². The smallest absolute Gasteiger partial charge is 0.243 e. The number of hydrogen-bond acceptors (Lipinski definition) is 3. The van der Waals surface area contributed by atoms with E-state index in [0.717, 1.165) is 24.9 Å². The Morgan fingerprint density at radius 3 is 2.19 bits per heavy atom. The molecule has 0 bridgehead atoms. The monoisotopic (exact) mass is 373 g/mol. The molecule has 0 aliphatic rings. The van der Waals surface area contributed by atoms with Gasteiger partial charge in [0.2, 0.25) is 11.8 Å². The molecule has 0 saturated heterocycles. The Balaban J connectivity index is 1.82. The molecule has 0 fully saturated rings. The standard InChI is InChI=1S/C20H24ClN3O2/c1-2-3-4-8-19(25)23-17-6-5-7-18(13-17)24-20(26)14-22-16-11-9-15(21)10-12-16/h5-7,9-13,22H,2-4,8,14H2,1H3,(H,23,25)(H,24,26). The van der Waals surface area contributed by atoms with Crippen LogP contribution in [0.4, 0.5) is 17.1 Å². The molecule has 0 spiro atoms. The van der Waals surface area contributed by atoms with Gasteiger partial charge in [0, 0.05) is 28.5 Å². The third-order valence-electron chi connectivity index (χ3n) is 3.73. The maximum Gasteiger partial charge on any atom is 0.243 e. The predicted molar refractivity (Wildman–Crippen MR) is 108 cm³/mol. The molecule has 5 nitrogen and oxygen atoms in total. The van der Waals surface area contributed by atoms with Crippen molar-refractivity contribution in [2.45, 2.75) is 32.6 Å². The number of carbonyl (C=O) groups excluding carboxylic acids is 2. The molecule has 0 saturated carbocycles. The van der Waals surface area contributed by atoms with Crippen molar-refractivity contribution in [3.8, 4) is 0 Å². The fourth-order valence-corrected chi connectivity index (χ4v) is 2.52. The number of nitrogens with one attached hydrogen (secondary N) is 3. The number of amides is 2. The van der Waals surface area contributed by atoms with Crippen molar-refractivity contribution >= 4 is 40.5 Å². The van der Waals surface area contributed by atoms with Crippen LogP contribution in [0.2, 0.25) is 5.02 Å². The quantitative estimate of drug-likeness (QED) is 0.547. The molecule has 6 heteroatoms. The fourth-order valence-electron chi connectivity index (χ4n) is 2.39. The first-order chi connectivity index (χ1) is 12.6. The summed E-state index contributed by atoms with van der Waals surface area (Å²) in [4.78, 5) is 24.0. The van der Waals surface area contributed by atoms with Gasteiger partial charge in [0.05, 0.1) is 6.54 Å². The topological polar surface area (TPSA) is 70.2 Å². The molecular weight excluding hydrogens is 350 g/mol. The van der Waals surface area contributed by atoms with E-state index in [9.17, 15) is 9.59 Å². The highest BCUT2D eigenvalue weighted by atomic mass is 35.5. The van der Waals surface area contributed by atoms with Crippen LogP contribution >= 0.6 is 11.6 Å². The van der Waals surface area contributed by atoms with Crippen LogP contribution in [0, 0.1) is 0 Å². The van der Waals surface area contributed by atoms with Gasteiger partial charge in [-0.1, -0.05) is 37.4 Å². The summed E-state index contributed by atoms with van der Waals surface area (Å²) in [5, 5.41) is 9.34. The minimum Gasteiger partial charge on any atom is -0.376 e. The second-order valence-electron chi connectivity index (χ2n) is 5.99. The van der Waals surface area contributed by atoms with E-state index in [0.29, 0.717) is 22.8 Å². The van der Waals surface area contributed by atoms with E-state index in [2.05, 4.69) is 22.9 Å². The van der Waals surface area contributed by atoms with Crippen LogP contribution in [0.1, 0.15) is 32.6 Å². The first kappa shape index (κ1) is 19.8. The number of unbranched alkanes of at least 4 members (excludes halogenated alkanes) is 2. The van der Waals surface area contributed by atoms with Crippen molar-refractivity contribution < 1.29 is 9.59 Å². The maximum absolute atomic E-state index is 12.1. The molecule has 0 aromatic heterocycles. The molecule has 2 aromatic carbocycles. The van der Waals surface area contributed by atoms with Gasteiger partial charge in [0.1, 0.15) is 0 Å². The van der Waals surface area contributed by atoms with E-state index in [-0.39, 0.29) is 18.4 Å². The Labute approximate surface area is 159 Å². The summed E-state index contributed by atoms with van der Waals surface area (Å²) in [7, 11) is 0. The van der Waals surface area contributed by atoms with Gasteiger partial charge in [0.25, 0.3) is 0 Å². The van der Waals surface area contributed by atoms with Gasteiger partial charge in [-0.3, -0.25) is 9.59 Å². The molecular formula is C20H24ClN3O2. The lowest BCUT2D eigenvalue weighted by atomic mass is 10.2. The van der Waals surface area contributed by atoms with E-state index >= 15 is 0 Å². The summed E-state index contributed by atoms with van der Waals surface area (Å²) in [5.74, 6) is -0.183. The van der Waals surface area contributed by atoms with Crippen LogP contribution in [0.5, 0.6) is 0 Å². The summed E-state index contributed by atoms with van der Waals surface area (Å²) in [5.41, 5.74) is 2.13. The van der Waals surface area contributed by atoms with E-state index in [1.54, 1.807) is 36.4 Å². The zero-order chi connectivity index (χ0) is 18.8. The van der Waals surface area contributed by atoms with Gasteiger partial charge < -0.3 is 16.0 Å². The molecule has 26 heavy (non-hydrogen) atoms. The molecule has 0 aliphatic heterocycles. The fraction of sp³-hybridized carbons (Fsp3) is 0.300. The summed E-state index contributed by atoms with van der Waals surface area (Å²) >= 11 is 5.83. The molecule has 0 radical (unpaired) electrons. The Kier molecular flexibility index (Phi) is 7.96. The molecule has 138 valence electrons. The van der Waals surface area contributed by atoms with Crippen molar-refractivity contribution in [3.05, 3.63) is 53.6 Å². The molecule has 2 amide bonds. The molecule has 0 atom stereocenters. The van der Waals surface area contributed by atoms with Crippen molar-refractivity contribution in [2.24, 2.45) is 0 Å². The molecule has 0 unspecified atom stereocenters. The van der Waals surface area contributed by atoms with Gasteiger partial charge >= 0.3 is 0 Å². The van der Waals surface area contributed by atoms with Gasteiger partial charge in [-0.15, -0.1) is 0 Å². The van der Waals surface area contributed by atoms with Crippen molar-refractivity contribution in [3.63, 3.8) is 0 Å². The highest BCUT2D eigenvalue weighted by Gasteiger charge is 2.05. The minimum atomic E-state index is -0.175. The number of halogens is 1. The lowest BCUT2D eigenvalue weighted by molar-refractivity contribution is -0.116. The summed E-state index contributed by atoms with van der Waals surface area (Å²) in [6.45, 7) is 2.24. The van der Waals surface area contributed by atoms with Crippen molar-refractivity contribution in [1.29, 1.82) is 0 Å². The van der Waals surface area contributed by atoms with Gasteiger partial charge in [0.15, 0.2) is 0 Å². The summed E-state index contributed by atoms with van der Waals surface area (Å²) < 4.78 is 0. The van der Waals surface area contributed by atoms with E-state index < -0.39 is 0 Å². The average Bonchev–Trinajstić information content (AvgIpc) is 2.62. The second kappa shape index (κ2) is 10.5. The Morgan fingerprint density at radius 2 is 1.54 bits per heavy atom. The average molecular weight is 374 g/mol. The molecule has 2 aromatic rings. The van der Waals surface area contributed by atoms with Crippen LogP contribution in [-0.4, -0.2) is 18.4 Å². The Morgan fingerprint density at radius 1 is 0.885 bits per heavy atom. The van der Waals surface area contributed by atoms with E-state index in [1.165, 1.54) is 0 Å². The number of carbonyl (C=O) groups is 2. The highest BCUT2D eigenvalue weighted by molar-refractivity contribution is 6.30. The van der Waals surface area contributed by atoms with Crippen LogP contribution in [0.25, 0.3) is 0 Å². The number of hydrogen-bond donors (Lipinski definition) is 3. The lowest BCUT2D eigenvalue weighted by Gasteiger charge is -2.10. The lowest BCUT2D eigenvalue weighted by Crippen LogP contribution is -2.21. The third kappa shape index (κ3) is 7.15. The minimum absolute atomic E-state index is 0.00803. The van der Waals surface area contributed by atoms with Gasteiger partial charge in [-0.2, -0.15) is 0 Å². The number of rotatable bonds is 9. The number of benzene rings is 2. The van der Waals surface area contributed by atoms with E-state index in [4.69, 9.17) is 11.6 Å². The molecule has 0 heterocycles. The second-order valence-corrected chi connectivity index (χ2v) is 6.43. The zero-order valence-corrected chi connectivity index (χ0v) is 15.6. The molecule has 3 N–H and O–H groups in total. The molecule has 2 rings (SSSR count). The first-order valence-electron chi connectivity index (χ1n) is 8.76. The zero-order valence-electron chi connectivity index (χ0n) is 14.8. The maximum atomic E-state index is 12.1. The third-order valence-corrected chi connectivity index (χ3v) is 3.99. The summed E-state index contributed by atoms with van der Waals surface area (Å²) in [6.07, 6.45) is 3.52. The van der Waals surface area contributed by atoms with Crippen LogP contribution in [0.15, 0.2) is 48.5 Å². The SMILES string of the molecule is CCCCCC(=O)Nc1cccc(NC(=O)CNc2ccc(Cl)cc2)c1. The van der Waals surface area contributed by atoms with Gasteiger partial charge in [-0.25, -0.2) is 0 Å². The normalized spacial score (nSPS) is 10.2. The summed E-state index contributed by atoms with van der Waals surface area (Å²) in [6, 6.07) is 14.3. The van der Waals surface area contributed by atoms with Crippen LogP contribution in [-0.2, 0) is 9.59 Å².